The van der Waals surface area contributed by atoms with Gasteiger partial charge in [-0.1, -0.05) is 13.8 Å². The third-order valence-corrected chi connectivity index (χ3v) is 3.75. The number of nitrogens with one attached hydrogen (secondary N) is 1. The van der Waals surface area contributed by atoms with E-state index in [4.69, 9.17) is 10.5 Å². The van der Waals surface area contributed by atoms with E-state index < -0.39 is 10.8 Å². The largest absolute Gasteiger partial charge is 0.495 e. The molecule has 1 amide bonds. The minimum absolute atomic E-state index is 0.0764. The Bertz CT molecular complexity index is 475. The van der Waals surface area contributed by atoms with E-state index in [0.717, 1.165) is 0 Å². The molecule has 6 heteroatoms. The Morgan fingerprint density at radius 3 is 2.74 bits per heavy atom. The van der Waals surface area contributed by atoms with Crippen LogP contribution in [0.25, 0.3) is 0 Å². The molecule has 0 aliphatic carbocycles. The van der Waals surface area contributed by atoms with Crippen LogP contribution in [0.4, 0.5) is 5.69 Å². The number of hydrogen-bond acceptors (Lipinski definition) is 4. The van der Waals surface area contributed by atoms with Gasteiger partial charge < -0.3 is 15.8 Å². The summed E-state index contributed by atoms with van der Waals surface area (Å²) in [4.78, 5) is 12.1. The summed E-state index contributed by atoms with van der Waals surface area (Å²) in [6.07, 6.45) is 0. The first kappa shape index (κ1) is 15.5. The van der Waals surface area contributed by atoms with Gasteiger partial charge >= 0.3 is 0 Å². The van der Waals surface area contributed by atoms with Crippen LogP contribution in [-0.4, -0.2) is 29.5 Å². The summed E-state index contributed by atoms with van der Waals surface area (Å²) < 4.78 is 17.2. The van der Waals surface area contributed by atoms with Crippen LogP contribution in [0, 0.1) is 5.92 Å². The van der Waals surface area contributed by atoms with Gasteiger partial charge in [-0.15, -0.1) is 0 Å². The molecule has 106 valence electrons. The molecule has 0 spiro atoms. The molecule has 0 saturated carbocycles. The van der Waals surface area contributed by atoms with Crippen LogP contribution < -0.4 is 15.8 Å². The van der Waals surface area contributed by atoms with Gasteiger partial charge in [0, 0.05) is 18.3 Å². The Labute approximate surface area is 116 Å². The number of methoxy groups -OCH3 is 1. The van der Waals surface area contributed by atoms with E-state index >= 15 is 0 Å². The number of hydrogen-bond donors (Lipinski definition) is 2. The fraction of sp³-hybridized carbons (Fsp3) is 0.462. The average Bonchev–Trinajstić information content (AvgIpc) is 2.35. The van der Waals surface area contributed by atoms with Crippen molar-refractivity contribution in [1.29, 1.82) is 0 Å². The monoisotopic (exact) mass is 284 g/mol. The lowest BCUT2D eigenvalue weighted by atomic mass is 10.2. The van der Waals surface area contributed by atoms with Crippen molar-refractivity contribution in [2.24, 2.45) is 5.92 Å². The fourth-order valence-electron chi connectivity index (χ4n) is 1.44. The molecule has 0 saturated heterocycles. The third kappa shape index (κ3) is 4.90. The Morgan fingerprint density at radius 2 is 2.16 bits per heavy atom. The van der Waals surface area contributed by atoms with Crippen LogP contribution in [0.2, 0.25) is 0 Å². The van der Waals surface area contributed by atoms with Crippen LogP contribution in [0.15, 0.2) is 23.1 Å². The number of benzene rings is 1. The normalized spacial score (nSPS) is 12.2. The van der Waals surface area contributed by atoms with Gasteiger partial charge in [0.15, 0.2) is 0 Å². The van der Waals surface area contributed by atoms with Gasteiger partial charge in [0.2, 0.25) is 5.91 Å². The molecular weight excluding hydrogens is 264 g/mol. The van der Waals surface area contributed by atoms with Crippen LogP contribution in [0.3, 0.4) is 0 Å². The molecule has 0 aliphatic rings. The number of carbonyl (C=O) groups is 1. The van der Waals surface area contributed by atoms with Crippen molar-refractivity contribution in [1.82, 2.24) is 5.32 Å². The molecule has 1 rings (SSSR count). The minimum Gasteiger partial charge on any atom is -0.495 e. The lowest BCUT2D eigenvalue weighted by molar-refractivity contribution is -0.118. The molecule has 0 radical (unpaired) electrons. The molecular formula is C13H20N2O3S. The molecule has 0 aromatic heterocycles. The van der Waals surface area contributed by atoms with Gasteiger partial charge in [0.25, 0.3) is 0 Å². The number of nitrogens with two attached hydrogens (primary N) is 1. The van der Waals surface area contributed by atoms with Crippen molar-refractivity contribution >= 4 is 22.4 Å². The number of amides is 1. The van der Waals surface area contributed by atoms with Crippen molar-refractivity contribution < 1.29 is 13.7 Å². The molecule has 3 N–H and O–H groups in total. The number of anilines is 1. The zero-order chi connectivity index (χ0) is 14.4. The predicted molar refractivity (Wildman–Crippen MR) is 76.5 cm³/mol. The summed E-state index contributed by atoms with van der Waals surface area (Å²) in [5.41, 5.74) is 6.16. The lowest BCUT2D eigenvalue weighted by Crippen LogP contribution is -2.31. The summed E-state index contributed by atoms with van der Waals surface area (Å²) >= 11 is 0. The SMILES string of the molecule is COc1cc(N)ccc1S(=O)CC(=O)NCC(C)C. The van der Waals surface area contributed by atoms with E-state index in [2.05, 4.69) is 5.32 Å². The van der Waals surface area contributed by atoms with Gasteiger partial charge in [-0.05, 0) is 18.1 Å². The average molecular weight is 284 g/mol. The Hall–Kier alpha value is -1.56. The van der Waals surface area contributed by atoms with E-state index in [1.165, 1.54) is 7.11 Å². The summed E-state index contributed by atoms with van der Waals surface area (Å²) in [6, 6.07) is 4.86. The molecule has 19 heavy (non-hydrogen) atoms. The molecule has 1 aromatic carbocycles. The van der Waals surface area contributed by atoms with Crippen molar-refractivity contribution in [3.8, 4) is 5.75 Å². The minimum atomic E-state index is -1.44. The summed E-state index contributed by atoms with van der Waals surface area (Å²) in [7, 11) is 0.0400. The Balaban J connectivity index is 2.70. The molecule has 0 fully saturated rings. The van der Waals surface area contributed by atoms with Gasteiger partial charge in [-0.3, -0.25) is 9.00 Å². The van der Waals surface area contributed by atoms with Crippen LogP contribution in [0.5, 0.6) is 5.75 Å². The van der Waals surface area contributed by atoms with E-state index in [1.807, 2.05) is 13.8 Å². The molecule has 0 aliphatic heterocycles. The first-order valence-corrected chi connectivity index (χ1v) is 7.34. The van der Waals surface area contributed by atoms with E-state index in [0.29, 0.717) is 28.8 Å². The van der Waals surface area contributed by atoms with Crippen LogP contribution >= 0.6 is 0 Å². The fourth-order valence-corrected chi connectivity index (χ4v) is 2.52. The maximum Gasteiger partial charge on any atom is 0.233 e. The predicted octanol–water partition coefficient (Wildman–Crippen LogP) is 1.16. The van der Waals surface area contributed by atoms with Gasteiger partial charge in [0.05, 0.1) is 22.8 Å². The van der Waals surface area contributed by atoms with Crippen molar-refractivity contribution in [3.05, 3.63) is 18.2 Å². The lowest BCUT2D eigenvalue weighted by Gasteiger charge is -2.10. The second-order valence-corrected chi connectivity index (χ2v) is 6.02. The molecule has 0 bridgehead atoms. The van der Waals surface area contributed by atoms with Crippen molar-refractivity contribution in [2.45, 2.75) is 18.7 Å². The molecule has 1 atom stereocenters. The van der Waals surface area contributed by atoms with Crippen LogP contribution in [-0.2, 0) is 15.6 Å². The summed E-state index contributed by atoms with van der Waals surface area (Å²) in [6.45, 7) is 4.58. The molecule has 5 nitrogen and oxygen atoms in total. The Morgan fingerprint density at radius 1 is 1.47 bits per heavy atom. The van der Waals surface area contributed by atoms with Gasteiger partial charge in [-0.2, -0.15) is 0 Å². The molecule has 1 aromatic rings. The number of nitrogen functional groups attached to an aromatic ring is 1. The first-order chi connectivity index (χ1) is 8.93. The number of rotatable bonds is 6. The topological polar surface area (TPSA) is 81.4 Å². The van der Waals surface area contributed by atoms with Gasteiger partial charge in [0.1, 0.15) is 11.5 Å². The third-order valence-electron chi connectivity index (χ3n) is 2.40. The first-order valence-electron chi connectivity index (χ1n) is 6.02. The maximum atomic E-state index is 12.1. The standard InChI is InChI=1S/C13H20N2O3S/c1-9(2)7-15-13(16)8-19(17)12-5-4-10(14)6-11(12)18-3/h4-6,9H,7-8,14H2,1-3H3,(H,15,16). The van der Waals surface area contributed by atoms with Crippen molar-refractivity contribution in [3.63, 3.8) is 0 Å². The summed E-state index contributed by atoms with van der Waals surface area (Å²) in [5.74, 6) is 0.497. The van der Waals surface area contributed by atoms with E-state index in [1.54, 1.807) is 18.2 Å². The Kier molecular flexibility index (Phi) is 5.82. The highest BCUT2D eigenvalue weighted by molar-refractivity contribution is 7.85. The highest BCUT2D eigenvalue weighted by Crippen LogP contribution is 2.24. The zero-order valence-electron chi connectivity index (χ0n) is 11.4. The number of carbonyl (C=O) groups excluding carboxylic acids is 1. The van der Waals surface area contributed by atoms with Crippen molar-refractivity contribution in [2.75, 3.05) is 25.1 Å². The maximum absolute atomic E-state index is 12.1. The van der Waals surface area contributed by atoms with E-state index in [9.17, 15) is 9.00 Å². The molecule has 1 unspecified atom stereocenters. The highest BCUT2D eigenvalue weighted by atomic mass is 32.2. The smallest absolute Gasteiger partial charge is 0.233 e. The van der Waals surface area contributed by atoms with E-state index in [-0.39, 0.29) is 11.7 Å². The van der Waals surface area contributed by atoms with Crippen LogP contribution in [0.1, 0.15) is 13.8 Å². The highest BCUT2D eigenvalue weighted by Gasteiger charge is 2.14. The zero-order valence-corrected chi connectivity index (χ0v) is 12.3. The number of ether oxygens (including phenoxy) is 1. The second kappa shape index (κ2) is 7.13. The second-order valence-electron chi connectivity index (χ2n) is 4.60. The quantitative estimate of drug-likeness (QED) is 0.768. The molecule has 0 heterocycles. The van der Waals surface area contributed by atoms with Gasteiger partial charge in [-0.25, -0.2) is 0 Å². The summed E-state index contributed by atoms with van der Waals surface area (Å²) in [5, 5.41) is 2.73.